The fourth-order valence-corrected chi connectivity index (χ4v) is 1.88. The Hall–Kier alpha value is -1.10. The SMILES string of the molecule is CC(C)C[C@H](NC(=O)C(C)(N)C1CC1)C(=O)O. The van der Waals surface area contributed by atoms with Gasteiger partial charge in [0.15, 0.2) is 0 Å². The molecule has 0 aliphatic heterocycles. The Morgan fingerprint density at radius 1 is 1.47 bits per heavy atom. The molecule has 0 aromatic carbocycles. The van der Waals surface area contributed by atoms with Gasteiger partial charge in [0.2, 0.25) is 5.91 Å². The number of carboxylic acid groups (broad SMARTS) is 1. The zero-order valence-corrected chi connectivity index (χ0v) is 10.7. The van der Waals surface area contributed by atoms with Gasteiger partial charge in [0, 0.05) is 0 Å². The third-order valence-corrected chi connectivity index (χ3v) is 3.23. The van der Waals surface area contributed by atoms with E-state index in [4.69, 9.17) is 10.8 Å². The molecule has 0 spiro atoms. The largest absolute Gasteiger partial charge is 0.480 e. The van der Waals surface area contributed by atoms with Crippen molar-refractivity contribution in [3.63, 3.8) is 0 Å². The predicted molar refractivity (Wildman–Crippen MR) is 64.3 cm³/mol. The fourth-order valence-electron chi connectivity index (χ4n) is 1.88. The third-order valence-electron chi connectivity index (χ3n) is 3.23. The summed E-state index contributed by atoms with van der Waals surface area (Å²) in [5.74, 6) is -0.955. The van der Waals surface area contributed by atoms with Crippen LogP contribution < -0.4 is 11.1 Å². The lowest BCUT2D eigenvalue weighted by Gasteiger charge is -2.26. The van der Waals surface area contributed by atoms with Crippen molar-refractivity contribution in [1.29, 1.82) is 0 Å². The Labute approximate surface area is 102 Å². The van der Waals surface area contributed by atoms with E-state index in [2.05, 4.69) is 5.32 Å². The summed E-state index contributed by atoms with van der Waals surface area (Å²) in [5.41, 5.74) is 5.00. The molecular formula is C12H22N2O3. The molecule has 0 radical (unpaired) electrons. The van der Waals surface area contributed by atoms with E-state index in [0.29, 0.717) is 6.42 Å². The molecule has 5 heteroatoms. The van der Waals surface area contributed by atoms with Crippen LogP contribution in [-0.2, 0) is 9.59 Å². The number of carboxylic acids is 1. The van der Waals surface area contributed by atoms with Gasteiger partial charge < -0.3 is 16.2 Å². The first-order chi connectivity index (χ1) is 7.75. The molecule has 1 aliphatic rings. The number of nitrogens with two attached hydrogens (primary N) is 1. The molecule has 0 aromatic heterocycles. The van der Waals surface area contributed by atoms with E-state index in [1.807, 2.05) is 13.8 Å². The highest BCUT2D eigenvalue weighted by molar-refractivity contribution is 5.90. The summed E-state index contributed by atoms with van der Waals surface area (Å²) in [6.45, 7) is 5.52. The molecular weight excluding hydrogens is 220 g/mol. The number of aliphatic carboxylic acids is 1. The van der Waals surface area contributed by atoms with Crippen LogP contribution in [0.15, 0.2) is 0 Å². The Morgan fingerprint density at radius 2 is 2.00 bits per heavy atom. The van der Waals surface area contributed by atoms with Gasteiger partial charge in [0.05, 0.1) is 5.54 Å². The molecule has 1 saturated carbocycles. The van der Waals surface area contributed by atoms with Gasteiger partial charge >= 0.3 is 5.97 Å². The van der Waals surface area contributed by atoms with Crippen molar-refractivity contribution in [1.82, 2.24) is 5.32 Å². The summed E-state index contributed by atoms with van der Waals surface area (Å²) < 4.78 is 0. The predicted octanol–water partition coefficient (Wildman–Crippen LogP) is 0.729. The first-order valence-electron chi connectivity index (χ1n) is 6.07. The van der Waals surface area contributed by atoms with Gasteiger partial charge in [0.1, 0.15) is 6.04 Å². The molecule has 1 amide bonds. The molecule has 1 fully saturated rings. The summed E-state index contributed by atoms with van der Waals surface area (Å²) >= 11 is 0. The van der Waals surface area contributed by atoms with E-state index in [0.717, 1.165) is 12.8 Å². The summed E-state index contributed by atoms with van der Waals surface area (Å²) in [5, 5.41) is 11.6. The molecule has 98 valence electrons. The van der Waals surface area contributed by atoms with Crippen molar-refractivity contribution in [2.24, 2.45) is 17.6 Å². The second kappa shape index (κ2) is 5.04. The summed E-state index contributed by atoms with van der Waals surface area (Å²) in [6.07, 6.45) is 2.31. The van der Waals surface area contributed by atoms with E-state index in [9.17, 15) is 9.59 Å². The molecule has 0 bridgehead atoms. The minimum atomic E-state index is -1.00. The first-order valence-corrected chi connectivity index (χ1v) is 6.07. The molecule has 4 N–H and O–H groups in total. The minimum Gasteiger partial charge on any atom is -0.480 e. The van der Waals surface area contributed by atoms with Gasteiger partial charge in [-0.3, -0.25) is 4.79 Å². The van der Waals surface area contributed by atoms with Gasteiger partial charge in [-0.15, -0.1) is 0 Å². The second-order valence-electron chi connectivity index (χ2n) is 5.55. The fraction of sp³-hybridized carbons (Fsp3) is 0.833. The van der Waals surface area contributed by atoms with Crippen molar-refractivity contribution in [3.05, 3.63) is 0 Å². The Balaban J connectivity index is 2.60. The van der Waals surface area contributed by atoms with Gasteiger partial charge in [0.25, 0.3) is 0 Å². The third kappa shape index (κ3) is 3.70. The van der Waals surface area contributed by atoms with Crippen LogP contribution in [0.2, 0.25) is 0 Å². The maximum atomic E-state index is 11.9. The van der Waals surface area contributed by atoms with E-state index < -0.39 is 17.6 Å². The van der Waals surface area contributed by atoms with Crippen molar-refractivity contribution in [2.75, 3.05) is 0 Å². The monoisotopic (exact) mass is 242 g/mol. The molecule has 2 atom stereocenters. The summed E-state index contributed by atoms with van der Waals surface area (Å²) in [6, 6.07) is -0.843. The number of rotatable bonds is 6. The van der Waals surface area contributed by atoms with Crippen molar-refractivity contribution in [2.45, 2.75) is 51.6 Å². The van der Waals surface area contributed by atoms with E-state index in [1.54, 1.807) is 6.92 Å². The van der Waals surface area contributed by atoms with Gasteiger partial charge in [-0.25, -0.2) is 4.79 Å². The second-order valence-corrected chi connectivity index (χ2v) is 5.55. The molecule has 0 heterocycles. The highest BCUT2D eigenvalue weighted by Crippen LogP contribution is 2.38. The highest BCUT2D eigenvalue weighted by Gasteiger charge is 2.44. The lowest BCUT2D eigenvalue weighted by Crippen LogP contribution is -2.57. The number of hydrogen-bond acceptors (Lipinski definition) is 3. The lowest BCUT2D eigenvalue weighted by molar-refractivity contribution is -0.143. The lowest BCUT2D eigenvalue weighted by atomic mass is 9.95. The highest BCUT2D eigenvalue weighted by atomic mass is 16.4. The smallest absolute Gasteiger partial charge is 0.326 e. The van der Waals surface area contributed by atoms with E-state index in [-0.39, 0.29) is 17.7 Å². The molecule has 5 nitrogen and oxygen atoms in total. The number of amides is 1. The molecule has 1 unspecified atom stereocenters. The van der Waals surface area contributed by atoms with Crippen LogP contribution in [0, 0.1) is 11.8 Å². The van der Waals surface area contributed by atoms with Crippen LogP contribution >= 0.6 is 0 Å². The zero-order valence-electron chi connectivity index (χ0n) is 10.7. The van der Waals surface area contributed by atoms with Crippen LogP contribution in [0.25, 0.3) is 0 Å². The van der Waals surface area contributed by atoms with Crippen LogP contribution in [0.1, 0.15) is 40.0 Å². The molecule has 0 aromatic rings. The standard InChI is InChI=1S/C12H22N2O3/c1-7(2)6-9(10(15)16)14-11(17)12(3,13)8-4-5-8/h7-9H,4-6,13H2,1-3H3,(H,14,17)(H,15,16)/t9-,12?/m0/s1. The Bertz CT molecular complexity index is 309. The molecule has 0 saturated heterocycles. The Kier molecular flexibility index (Phi) is 4.14. The van der Waals surface area contributed by atoms with Crippen molar-refractivity contribution >= 4 is 11.9 Å². The van der Waals surface area contributed by atoms with Crippen molar-refractivity contribution < 1.29 is 14.7 Å². The number of hydrogen-bond donors (Lipinski definition) is 3. The number of carbonyl (C=O) groups is 2. The summed E-state index contributed by atoms with van der Waals surface area (Å²) in [7, 11) is 0. The van der Waals surface area contributed by atoms with Crippen LogP contribution in [0.4, 0.5) is 0 Å². The number of carbonyl (C=O) groups excluding carboxylic acids is 1. The topological polar surface area (TPSA) is 92.4 Å². The van der Waals surface area contributed by atoms with Gasteiger partial charge in [-0.1, -0.05) is 13.8 Å². The Morgan fingerprint density at radius 3 is 2.35 bits per heavy atom. The molecule has 1 aliphatic carbocycles. The van der Waals surface area contributed by atoms with E-state index >= 15 is 0 Å². The molecule has 1 rings (SSSR count). The van der Waals surface area contributed by atoms with E-state index in [1.165, 1.54) is 0 Å². The maximum absolute atomic E-state index is 11.9. The zero-order chi connectivity index (χ0) is 13.2. The average Bonchev–Trinajstić information content (AvgIpc) is 2.98. The maximum Gasteiger partial charge on any atom is 0.326 e. The molecule has 17 heavy (non-hydrogen) atoms. The van der Waals surface area contributed by atoms with Crippen LogP contribution in [0.5, 0.6) is 0 Å². The number of nitrogens with one attached hydrogen (secondary N) is 1. The normalized spacial score (nSPS) is 20.8. The van der Waals surface area contributed by atoms with Crippen molar-refractivity contribution in [3.8, 4) is 0 Å². The summed E-state index contributed by atoms with van der Waals surface area (Å²) in [4.78, 5) is 23.0. The average molecular weight is 242 g/mol. The quantitative estimate of drug-likeness (QED) is 0.640. The van der Waals surface area contributed by atoms with Gasteiger partial charge in [-0.05, 0) is 38.0 Å². The van der Waals surface area contributed by atoms with Crippen LogP contribution in [-0.4, -0.2) is 28.6 Å². The minimum absolute atomic E-state index is 0.191. The van der Waals surface area contributed by atoms with Gasteiger partial charge in [-0.2, -0.15) is 0 Å². The van der Waals surface area contributed by atoms with Crippen LogP contribution in [0.3, 0.4) is 0 Å². The first kappa shape index (κ1) is 14.0.